The molecule has 1 saturated carbocycles. The Hall–Kier alpha value is -2.14. The summed E-state index contributed by atoms with van der Waals surface area (Å²) < 4.78 is 0. The number of Topliss-reactive ketones (excluding diaryl/α,β-unsaturated/α-hetero) is 1. The number of carbonyl (C=O) groups excluding carboxylic acids is 3. The van der Waals surface area contributed by atoms with E-state index in [2.05, 4.69) is 15.3 Å². The number of thiazole rings is 1. The fourth-order valence-corrected chi connectivity index (χ4v) is 7.95. The second-order valence-electron chi connectivity index (χ2n) is 10.5. The Bertz CT molecular complexity index is 946. The van der Waals surface area contributed by atoms with Crippen molar-refractivity contribution >= 4 is 46.7 Å². The van der Waals surface area contributed by atoms with Crippen molar-refractivity contribution in [2.24, 2.45) is 28.3 Å². The van der Waals surface area contributed by atoms with Crippen LogP contribution in [0.15, 0.2) is 16.6 Å². The van der Waals surface area contributed by atoms with E-state index in [1.807, 2.05) is 4.90 Å². The third-order valence-electron chi connectivity index (χ3n) is 7.87. The van der Waals surface area contributed by atoms with Gasteiger partial charge in [-0.3, -0.25) is 19.4 Å². The lowest BCUT2D eigenvalue weighted by Gasteiger charge is -2.37. The lowest BCUT2D eigenvalue weighted by Crippen LogP contribution is -2.56. The van der Waals surface area contributed by atoms with Crippen LogP contribution < -0.4 is 16.8 Å². The SMILES string of the molecule is NC(N)=NCCCC(NC(=O)C1CSC2CCC(CCCC3CCCCC3)C(=O)N21)C(=O)c1nccs1. The van der Waals surface area contributed by atoms with Crippen LogP contribution in [0.3, 0.4) is 0 Å². The molecule has 1 aromatic rings. The van der Waals surface area contributed by atoms with Crippen LogP contribution in [0.4, 0.5) is 0 Å². The zero-order valence-electron chi connectivity index (χ0n) is 21.5. The maximum atomic E-state index is 13.5. The molecular weight excluding hydrogens is 508 g/mol. The number of nitrogens with two attached hydrogens (primary N) is 2. The van der Waals surface area contributed by atoms with Crippen molar-refractivity contribution in [3.05, 3.63) is 16.6 Å². The number of amides is 2. The Morgan fingerprint density at radius 3 is 2.68 bits per heavy atom. The predicted molar refractivity (Wildman–Crippen MR) is 148 cm³/mol. The molecule has 5 N–H and O–H groups in total. The third-order valence-corrected chi connectivity index (χ3v) is 10.0. The van der Waals surface area contributed by atoms with E-state index in [9.17, 15) is 14.4 Å². The maximum Gasteiger partial charge on any atom is 0.244 e. The number of thioether (sulfide) groups is 1. The Balaban J connectivity index is 1.35. The van der Waals surface area contributed by atoms with Crippen LogP contribution in [0.1, 0.15) is 86.9 Å². The fourth-order valence-electron chi connectivity index (χ4n) is 5.89. The number of piperidine rings is 1. The van der Waals surface area contributed by atoms with Gasteiger partial charge in [0.25, 0.3) is 0 Å². The lowest BCUT2D eigenvalue weighted by atomic mass is 9.83. The molecule has 4 atom stereocenters. The van der Waals surface area contributed by atoms with Gasteiger partial charge in [-0.2, -0.15) is 0 Å². The second kappa shape index (κ2) is 13.6. The number of hydrogen-bond acceptors (Lipinski definition) is 7. The van der Waals surface area contributed by atoms with Crippen LogP contribution in [0.2, 0.25) is 0 Å². The number of fused-ring (bicyclic) bond motifs is 1. The van der Waals surface area contributed by atoms with Gasteiger partial charge < -0.3 is 21.7 Å². The predicted octanol–water partition coefficient (Wildman–Crippen LogP) is 3.29. The van der Waals surface area contributed by atoms with E-state index in [-0.39, 0.29) is 34.8 Å². The summed E-state index contributed by atoms with van der Waals surface area (Å²) in [5.74, 6) is 1.01. The first-order valence-electron chi connectivity index (χ1n) is 13.7. The quantitative estimate of drug-likeness (QED) is 0.157. The van der Waals surface area contributed by atoms with E-state index in [0.717, 1.165) is 31.6 Å². The average Bonchev–Trinajstić information content (AvgIpc) is 3.58. The van der Waals surface area contributed by atoms with Crippen LogP contribution in [0, 0.1) is 11.8 Å². The molecular formula is C26H40N6O3S2. The molecule has 2 aliphatic heterocycles. The van der Waals surface area contributed by atoms with Gasteiger partial charge in [0.2, 0.25) is 17.6 Å². The van der Waals surface area contributed by atoms with Crippen LogP contribution in [-0.2, 0) is 9.59 Å². The lowest BCUT2D eigenvalue weighted by molar-refractivity contribution is -0.146. The maximum absolute atomic E-state index is 13.5. The Kier molecular flexibility index (Phi) is 10.2. The van der Waals surface area contributed by atoms with Crippen LogP contribution in [0.25, 0.3) is 0 Å². The molecule has 3 heterocycles. The van der Waals surface area contributed by atoms with E-state index in [1.54, 1.807) is 23.3 Å². The van der Waals surface area contributed by atoms with Crippen molar-refractivity contribution < 1.29 is 14.4 Å². The zero-order chi connectivity index (χ0) is 26.2. The average molecular weight is 549 g/mol. The monoisotopic (exact) mass is 548 g/mol. The molecule has 1 aliphatic carbocycles. The zero-order valence-corrected chi connectivity index (χ0v) is 23.1. The largest absolute Gasteiger partial charge is 0.370 e. The molecule has 2 saturated heterocycles. The summed E-state index contributed by atoms with van der Waals surface area (Å²) in [6, 6.07) is -1.28. The first-order chi connectivity index (χ1) is 17.9. The fraction of sp³-hybridized carbons (Fsp3) is 0.731. The van der Waals surface area contributed by atoms with E-state index in [1.165, 1.54) is 49.9 Å². The topological polar surface area (TPSA) is 144 Å². The minimum Gasteiger partial charge on any atom is -0.370 e. The van der Waals surface area contributed by atoms with E-state index in [4.69, 9.17) is 11.5 Å². The highest BCUT2D eigenvalue weighted by atomic mass is 32.2. The Labute approximate surface area is 227 Å². The van der Waals surface area contributed by atoms with E-state index < -0.39 is 12.1 Å². The minimum absolute atomic E-state index is 0.00108. The Morgan fingerprint density at radius 1 is 1.14 bits per heavy atom. The molecule has 2 amide bonds. The molecule has 37 heavy (non-hydrogen) atoms. The Morgan fingerprint density at radius 2 is 1.95 bits per heavy atom. The molecule has 0 bridgehead atoms. The number of aliphatic imine (C=N–C) groups is 1. The van der Waals surface area contributed by atoms with Gasteiger partial charge in [-0.1, -0.05) is 44.9 Å². The highest BCUT2D eigenvalue weighted by Gasteiger charge is 2.46. The van der Waals surface area contributed by atoms with Gasteiger partial charge in [0, 0.05) is 29.8 Å². The number of guanidine groups is 1. The first-order valence-corrected chi connectivity index (χ1v) is 15.6. The number of ketones is 1. The summed E-state index contributed by atoms with van der Waals surface area (Å²) >= 11 is 2.93. The van der Waals surface area contributed by atoms with Crippen LogP contribution in [0.5, 0.6) is 0 Å². The van der Waals surface area contributed by atoms with Gasteiger partial charge >= 0.3 is 0 Å². The van der Waals surface area contributed by atoms with Crippen molar-refractivity contribution in [1.29, 1.82) is 0 Å². The summed E-state index contributed by atoms with van der Waals surface area (Å²) in [4.78, 5) is 50.0. The highest BCUT2D eigenvalue weighted by molar-refractivity contribution is 8.00. The molecule has 204 valence electrons. The number of nitrogens with zero attached hydrogens (tertiary/aromatic N) is 3. The van der Waals surface area contributed by atoms with Crippen molar-refractivity contribution in [3.63, 3.8) is 0 Å². The summed E-state index contributed by atoms with van der Waals surface area (Å²) in [5.41, 5.74) is 10.8. The molecule has 11 heteroatoms. The van der Waals surface area contributed by atoms with Crippen LogP contribution in [-0.4, -0.2) is 63.2 Å². The summed E-state index contributed by atoms with van der Waals surface area (Å²) in [6.45, 7) is 0.369. The van der Waals surface area contributed by atoms with E-state index >= 15 is 0 Å². The summed E-state index contributed by atoms with van der Waals surface area (Å²) in [7, 11) is 0. The van der Waals surface area contributed by atoms with Gasteiger partial charge in [-0.25, -0.2) is 4.98 Å². The molecule has 0 aromatic carbocycles. The highest BCUT2D eigenvalue weighted by Crippen LogP contribution is 2.40. The number of nitrogens with one attached hydrogen (secondary N) is 1. The molecule has 9 nitrogen and oxygen atoms in total. The second-order valence-corrected chi connectivity index (χ2v) is 12.6. The number of aromatic nitrogens is 1. The van der Waals surface area contributed by atoms with Gasteiger partial charge in [-0.15, -0.1) is 23.1 Å². The smallest absolute Gasteiger partial charge is 0.244 e. The van der Waals surface area contributed by atoms with Crippen molar-refractivity contribution in [3.8, 4) is 0 Å². The van der Waals surface area contributed by atoms with E-state index in [0.29, 0.717) is 30.1 Å². The van der Waals surface area contributed by atoms with Gasteiger partial charge in [0.05, 0.1) is 11.4 Å². The van der Waals surface area contributed by atoms with Gasteiger partial charge in [-0.05, 0) is 38.0 Å². The molecule has 4 rings (SSSR count). The normalized spacial score (nSPS) is 24.9. The van der Waals surface area contributed by atoms with Crippen LogP contribution >= 0.6 is 23.1 Å². The van der Waals surface area contributed by atoms with Crippen molar-refractivity contribution in [2.75, 3.05) is 12.3 Å². The van der Waals surface area contributed by atoms with Gasteiger partial charge in [0.15, 0.2) is 11.0 Å². The molecule has 3 aliphatic rings. The standard InChI is InChI=1S/C26H40N6O3S2/c27-26(28)30-13-5-10-19(22(33)24-29-14-15-36-24)31-23(34)20-16-37-21-12-11-18(25(35)32(20)21)9-4-8-17-6-2-1-3-7-17/h14-15,17-21H,1-13,16H2,(H,31,34)(H4,27,28,30). The molecule has 1 aromatic heterocycles. The molecule has 4 unspecified atom stereocenters. The molecule has 3 fully saturated rings. The summed E-state index contributed by atoms with van der Waals surface area (Å²) in [6.07, 6.45) is 14.3. The third kappa shape index (κ3) is 7.46. The minimum atomic E-state index is -0.733. The first kappa shape index (κ1) is 27.9. The molecule has 0 spiro atoms. The molecule has 0 radical (unpaired) electrons. The summed E-state index contributed by atoms with van der Waals surface area (Å²) in [5, 5.41) is 5.10. The van der Waals surface area contributed by atoms with Gasteiger partial charge in [0.1, 0.15) is 6.04 Å². The number of carbonyl (C=O) groups is 3. The van der Waals surface area contributed by atoms with Crippen molar-refractivity contribution in [2.45, 2.75) is 94.5 Å². The number of rotatable bonds is 12. The van der Waals surface area contributed by atoms with Crippen molar-refractivity contribution in [1.82, 2.24) is 15.2 Å². The number of hydrogen-bond donors (Lipinski definition) is 3.